The van der Waals surface area contributed by atoms with Crippen LogP contribution in [0.25, 0.3) is 0 Å². The van der Waals surface area contributed by atoms with Crippen LogP contribution in [0, 0.1) is 5.92 Å². The molecule has 16 heavy (non-hydrogen) atoms. The molecule has 3 heteroatoms. The lowest BCUT2D eigenvalue weighted by Gasteiger charge is -2.32. The summed E-state index contributed by atoms with van der Waals surface area (Å²) in [4.78, 5) is 0. The van der Waals surface area contributed by atoms with E-state index in [9.17, 15) is 0 Å². The highest BCUT2D eigenvalue weighted by atomic mass is 15.2. The highest BCUT2D eigenvalue weighted by Gasteiger charge is 2.25. The first-order valence-corrected chi connectivity index (χ1v) is 6.13. The molecule has 92 valence electrons. The minimum absolute atomic E-state index is 0.0168. The maximum atomic E-state index is 4.23. The quantitative estimate of drug-likeness (QED) is 0.831. The maximum Gasteiger partial charge on any atom is 0.0540 e. The monoisotopic (exact) mass is 223 g/mol. The largest absolute Gasteiger partial charge is 0.305 e. The van der Waals surface area contributed by atoms with Crippen molar-refractivity contribution in [2.24, 2.45) is 13.0 Å². The van der Waals surface area contributed by atoms with E-state index >= 15 is 0 Å². The number of nitrogens with zero attached hydrogens (tertiary/aromatic N) is 2. The van der Waals surface area contributed by atoms with Crippen molar-refractivity contribution in [1.29, 1.82) is 0 Å². The summed E-state index contributed by atoms with van der Waals surface area (Å²) in [5.74, 6) is 0.691. The summed E-state index contributed by atoms with van der Waals surface area (Å²) in [5, 5.41) is 7.92. The molecule has 0 spiro atoms. The van der Waals surface area contributed by atoms with Crippen LogP contribution in [0.15, 0.2) is 12.4 Å². The second-order valence-corrected chi connectivity index (χ2v) is 5.35. The van der Waals surface area contributed by atoms with Crippen LogP contribution < -0.4 is 5.32 Å². The lowest BCUT2D eigenvalue weighted by Crippen LogP contribution is -2.44. The van der Waals surface area contributed by atoms with Crippen molar-refractivity contribution in [3.63, 3.8) is 0 Å². The molecule has 0 bridgehead atoms. The lowest BCUT2D eigenvalue weighted by molar-refractivity contribution is 0.289. The van der Waals surface area contributed by atoms with E-state index in [2.05, 4.69) is 51.2 Å². The van der Waals surface area contributed by atoms with Gasteiger partial charge >= 0.3 is 0 Å². The maximum absolute atomic E-state index is 4.23. The van der Waals surface area contributed by atoms with Crippen LogP contribution in [-0.4, -0.2) is 15.8 Å². The Morgan fingerprint density at radius 3 is 2.50 bits per heavy atom. The zero-order valence-corrected chi connectivity index (χ0v) is 11.4. The van der Waals surface area contributed by atoms with E-state index in [0.717, 1.165) is 0 Å². The van der Waals surface area contributed by atoms with Gasteiger partial charge in [-0.1, -0.05) is 20.3 Å². The van der Waals surface area contributed by atoms with Gasteiger partial charge in [0.1, 0.15) is 0 Å². The second kappa shape index (κ2) is 5.00. The molecule has 0 aliphatic heterocycles. The molecule has 2 atom stereocenters. The third-order valence-electron chi connectivity index (χ3n) is 3.51. The van der Waals surface area contributed by atoms with Gasteiger partial charge in [0.15, 0.2) is 0 Å². The molecule has 1 heterocycles. The molecule has 1 N–H and O–H groups in total. The van der Waals surface area contributed by atoms with Gasteiger partial charge in [0.2, 0.25) is 0 Å². The van der Waals surface area contributed by atoms with E-state index in [1.54, 1.807) is 0 Å². The Morgan fingerprint density at radius 1 is 1.44 bits per heavy atom. The number of aromatic nitrogens is 2. The summed E-state index contributed by atoms with van der Waals surface area (Å²) in [6.07, 6.45) is 5.23. The molecule has 1 aromatic rings. The van der Waals surface area contributed by atoms with Crippen LogP contribution in [0.4, 0.5) is 0 Å². The normalized spacial score (nSPS) is 16.1. The molecule has 0 aromatic carbocycles. The van der Waals surface area contributed by atoms with Gasteiger partial charge in [-0.05, 0) is 26.7 Å². The number of aryl methyl sites for hydroxylation is 1. The fourth-order valence-electron chi connectivity index (χ4n) is 1.89. The first-order valence-electron chi connectivity index (χ1n) is 6.13. The van der Waals surface area contributed by atoms with Crippen LogP contribution in [0.3, 0.4) is 0 Å². The Labute approximate surface area is 99.2 Å². The molecular weight excluding hydrogens is 198 g/mol. The smallest absolute Gasteiger partial charge is 0.0540 e. The van der Waals surface area contributed by atoms with Gasteiger partial charge in [-0.15, -0.1) is 0 Å². The number of hydrogen-bond donors (Lipinski definition) is 1. The Balaban J connectivity index is 2.71. The van der Waals surface area contributed by atoms with Crippen molar-refractivity contribution in [3.8, 4) is 0 Å². The predicted octanol–water partition coefficient (Wildman–Crippen LogP) is 2.68. The molecule has 0 saturated carbocycles. The molecular formula is C13H25N3. The number of nitrogens with one attached hydrogen (secondary N) is 1. The summed E-state index contributed by atoms with van der Waals surface area (Å²) in [6, 6.07) is 0.514. The summed E-state index contributed by atoms with van der Waals surface area (Å²) < 4.78 is 1.85. The zero-order chi connectivity index (χ0) is 12.3. The second-order valence-electron chi connectivity index (χ2n) is 5.35. The first-order chi connectivity index (χ1) is 7.36. The van der Waals surface area contributed by atoms with Crippen LogP contribution in [0.1, 0.15) is 46.6 Å². The third kappa shape index (κ3) is 3.08. The van der Waals surface area contributed by atoms with Gasteiger partial charge in [-0.2, -0.15) is 5.10 Å². The van der Waals surface area contributed by atoms with Gasteiger partial charge < -0.3 is 5.32 Å². The summed E-state index contributed by atoms with van der Waals surface area (Å²) in [7, 11) is 1.96. The van der Waals surface area contributed by atoms with Gasteiger partial charge in [0, 0.05) is 30.4 Å². The molecule has 3 nitrogen and oxygen atoms in total. The molecule has 1 aromatic heterocycles. The fourth-order valence-corrected chi connectivity index (χ4v) is 1.89. The molecule has 0 radical (unpaired) electrons. The zero-order valence-electron chi connectivity index (χ0n) is 11.4. The average molecular weight is 223 g/mol. The van der Waals surface area contributed by atoms with Gasteiger partial charge in [-0.25, -0.2) is 0 Å². The van der Waals surface area contributed by atoms with Crippen molar-refractivity contribution in [1.82, 2.24) is 15.1 Å². The molecule has 0 aliphatic carbocycles. The van der Waals surface area contributed by atoms with Crippen molar-refractivity contribution in [2.75, 3.05) is 0 Å². The van der Waals surface area contributed by atoms with Gasteiger partial charge in [0.25, 0.3) is 0 Å². The average Bonchev–Trinajstić information content (AvgIpc) is 2.63. The van der Waals surface area contributed by atoms with Crippen LogP contribution in [0.2, 0.25) is 0 Å². The van der Waals surface area contributed by atoms with E-state index < -0.39 is 0 Å². The Kier molecular flexibility index (Phi) is 4.14. The lowest BCUT2D eigenvalue weighted by atomic mass is 9.92. The van der Waals surface area contributed by atoms with Crippen molar-refractivity contribution in [3.05, 3.63) is 18.0 Å². The topological polar surface area (TPSA) is 29.9 Å². The standard InChI is InChI=1S/C13H25N3/c1-7-10(2)11(3)15-13(4,5)12-8-14-16(6)9-12/h8-11,15H,7H2,1-6H3. The van der Waals surface area contributed by atoms with E-state index in [0.29, 0.717) is 12.0 Å². The predicted molar refractivity (Wildman–Crippen MR) is 68.3 cm³/mol. The molecule has 2 unspecified atom stereocenters. The molecule has 0 aliphatic rings. The van der Waals surface area contributed by atoms with E-state index in [4.69, 9.17) is 0 Å². The van der Waals surface area contributed by atoms with Gasteiger partial charge in [0.05, 0.1) is 6.20 Å². The number of hydrogen-bond acceptors (Lipinski definition) is 2. The van der Waals surface area contributed by atoms with E-state index in [1.807, 2.05) is 17.9 Å². The fraction of sp³-hybridized carbons (Fsp3) is 0.769. The van der Waals surface area contributed by atoms with E-state index in [-0.39, 0.29) is 5.54 Å². The van der Waals surface area contributed by atoms with Crippen molar-refractivity contribution in [2.45, 2.75) is 52.6 Å². The summed E-state index contributed by atoms with van der Waals surface area (Å²) in [6.45, 7) is 11.2. The number of rotatable bonds is 5. The molecule has 0 fully saturated rings. The SMILES string of the molecule is CCC(C)C(C)NC(C)(C)c1cnn(C)c1. The first kappa shape index (κ1) is 13.2. The molecule has 0 saturated heterocycles. The van der Waals surface area contributed by atoms with Gasteiger partial charge in [-0.3, -0.25) is 4.68 Å². The molecule has 1 rings (SSSR count). The minimum Gasteiger partial charge on any atom is -0.305 e. The summed E-state index contributed by atoms with van der Waals surface area (Å²) in [5.41, 5.74) is 1.22. The third-order valence-corrected chi connectivity index (χ3v) is 3.51. The van der Waals surface area contributed by atoms with Crippen LogP contribution in [0.5, 0.6) is 0 Å². The van der Waals surface area contributed by atoms with Crippen molar-refractivity contribution < 1.29 is 0 Å². The highest BCUT2D eigenvalue weighted by Crippen LogP contribution is 2.21. The Morgan fingerprint density at radius 2 is 2.06 bits per heavy atom. The molecule has 0 amide bonds. The van der Waals surface area contributed by atoms with Crippen LogP contribution >= 0.6 is 0 Å². The Bertz CT molecular complexity index is 328. The summed E-state index contributed by atoms with van der Waals surface area (Å²) >= 11 is 0. The van der Waals surface area contributed by atoms with Crippen molar-refractivity contribution >= 4 is 0 Å². The minimum atomic E-state index is -0.0168. The Hall–Kier alpha value is -0.830. The highest BCUT2D eigenvalue weighted by molar-refractivity contribution is 5.15. The van der Waals surface area contributed by atoms with E-state index in [1.165, 1.54) is 12.0 Å². The van der Waals surface area contributed by atoms with Crippen LogP contribution in [-0.2, 0) is 12.6 Å².